The quantitative estimate of drug-likeness (QED) is 0.139. The molecule has 21 aromatic rings. The number of fused-ring (bicyclic) bond motifs is 12. The molecule has 12 heteroatoms. The second-order valence-corrected chi connectivity index (χ2v) is 30.9. The van der Waals surface area contributed by atoms with E-state index in [2.05, 4.69) is 381 Å². The van der Waals surface area contributed by atoms with E-state index < -0.39 is 0 Å². The lowest BCUT2D eigenvalue weighted by Gasteiger charge is -2.08. The highest BCUT2D eigenvalue weighted by atomic mass is 16.4. The molecule has 0 spiro atoms. The topological polar surface area (TPSA) is 111 Å². The Balaban J connectivity index is 0.000000107. The van der Waals surface area contributed by atoms with Crippen LogP contribution in [0.15, 0.2) is 346 Å². The number of hydrogen-bond donors (Lipinski definition) is 0. The summed E-state index contributed by atoms with van der Waals surface area (Å²) in [6, 6.07) is 103. The van der Waals surface area contributed by atoms with Gasteiger partial charge in [-0.2, -0.15) is 0 Å². The van der Waals surface area contributed by atoms with E-state index in [1.54, 1.807) is 0 Å². The summed E-state index contributed by atoms with van der Waals surface area (Å²) in [5.74, 6) is 0. The van der Waals surface area contributed by atoms with Gasteiger partial charge in [-0.25, -0.2) is 37.8 Å². The minimum Gasteiger partial charge on any atom is -0.455 e. The van der Waals surface area contributed by atoms with Crippen LogP contribution < -0.4 is 22.8 Å². The number of hydrogen-bond acceptors (Lipinski definition) is 7. The van der Waals surface area contributed by atoms with Crippen molar-refractivity contribution in [2.75, 3.05) is 0 Å². The zero-order valence-electron chi connectivity index (χ0n) is 69.4. The molecule has 0 aliphatic carbocycles. The molecule has 9 aromatic carbocycles. The first-order valence-corrected chi connectivity index (χ1v) is 40.3. The van der Waals surface area contributed by atoms with Gasteiger partial charge in [-0.1, -0.05) is 170 Å². The fraction of sp³-hybridized carbons (Fsp3) is 0.121. The molecule has 12 heterocycles. The van der Waals surface area contributed by atoms with Gasteiger partial charge in [0, 0.05) is 126 Å². The van der Waals surface area contributed by atoms with Crippen LogP contribution >= 0.6 is 0 Å². The lowest BCUT2D eigenvalue weighted by molar-refractivity contribution is -0.660. The molecule has 12 nitrogen and oxygen atoms in total. The Hall–Kier alpha value is -14.6. The van der Waals surface area contributed by atoms with E-state index in [9.17, 15) is 0 Å². The summed E-state index contributed by atoms with van der Waals surface area (Å²) in [5, 5.41) is 8.87. The number of rotatable bonds is 8. The maximum absolute atomic E-state index is 6.28. The Morgan fingerprint density at radius 2 is 0.555 bits per heavy atom. The second-order valence-electron chi connectivity index (χ2n) is 30.9. The van der Waals surface area contributed by atoms with Crippen molar-refractivity contribution in [1.82, 2.24) is 15.0 Å². The zero-order valence-corrected chi connectivity index (χ0v) is 69.4. The van der Waals surface area contributed by atoms with Crippen molar-refractivity contribution in [2.45, 2.75) is 55.4 Å². The molecule has 0 amide bonds. The average Bonchev–Trinajstić information content (AvgIpc) is 1.64. The number of nitrogens with zero attached hydrogens (tertiary/aromatic N) is 8. The van der Waals surface area contributed by atoms with Gasteiger partial charge in [0.2, 0.25) is 45.6 Å². The van der Waals surface area contributed by atoms with Crippen LogP contribution in [0.25, 0.3) is 178 Å². The smallest absolute Gasteiger partial charge is 0.227 e. The van der Waals surface area contributed by atoms with Crippen LogP contribution in [-0.4, -0.2) is 15.0 Å². The standard InChI is InChI=1S/2C25H21N2O.C19H17N2O.C19H16NO.C19H18N/c1-16-9-12-20-21-13-10-17(2)26-25(21)28-24(20)23(16)22-14-11-19(15-27(22)3)18-7-5-4-6-8-18;1-16-9-11-20-21-12-10-17(2)26-25(21)28-24(20)23(16)22-15-19(13-14-27(22)3)18-7-5-4-6-8-18;1-12-7-9-14-15-10-8-13(2)20-19(15)22-18(14)17(12)16-6-4-5-11-21(16)3;1-13-10-11-15-14-7-3-4-9-17(14)21-19(15)18(13)16-8-5-6-12-20(16)2;1-15-11-12-17(16-8-4-3-5-9-16)14-18(15)19-10-6-7-13-20(19)2/h2*4-15H,1-3H3;4-11H,1-3H3;3-12H,1-2H3;3-14H,1-2H3/q5*+1. The molecule has 0 bridgehead atoms. The van der Waals surface area contributed by atoms with Gasteiger partial charge in [0.15, 0.2) is 47.7 Å². The maximum Gasteiger partial charge on any atom is 0.227 e. The van der Waals surface area contributed by atoms with Gasteiger partial charge in [-0.05, 0) is 184 Å². The number of benzene rings is 9. The van der Waals surface area contributed by atoms with Crippen LogP contribution in [0, 0.1) is 55.4 Å². The highest BCUT2D eigenvalue weighted by Crippen LogP contribution is 2.42. The van der Waals surface area contributed by atoms with E-state index in [1.165, 1.54) is 94.5 Å². The second kappa shape index (κ2) is 32.9. The molecule has 0 aliphatic rings. The molecule has 0 saturated carbocycles. The maximum atomic E-state index is 6.28. The van der Waals surface area contributed by atoms with Gasteiger partial charge < -0.3 is 17.7 Å². The summed E-state index contributed by atoms with van der Waals surface area (Å²) in [6.07, 6.45) is 10.5. The van der Waals surface area contributed by atoms with Crippen LogP contribution in [-0.2, 0) is 35.2 Å². The Kier molecular flexibility index (Phi) is 21.3. The van der Waals surface area contributed by atoms with Gasteiger partial charge >= 0.3 is 0 Å². The zero-order chi connectivity index (χ0) is 82.1. The lowest BCUT2D eigenvalue weighted by atomic mass is 9.97. The van der Waals surface area contributed by atoms with E-state index in [0.717, 1.165) is 111 Å². The summed E-state index contributed by atoms with van der Waals surface area (Å²) >= 11 is 0. The Labute approximate surface area is 692 Å². The fourth-order valence-electron chi connectivity index (χ4n) is 16.3. The van der Waals surface area contributed by atoms with Crippen molar-refractivity contribution in [3.63, 3.8) is 0 Å². The van der Waals surface area contributed by atoms with Crippen LogP contribution in [0.5, 0.6) is 0 Å². The van der Waals surface area contributed by atoms with E-state index in [0.29, 0.717) is 17.1 Å². The molecule has 0 atom stereocenters. The van der Waals surface area contributed by atoms with E-state index in [1.807, 2.05) is 75.4 Å². The predicted octanol–water partition coefficient (Wildman–Crippen LogP) is 24.1. The van der Waals surface area contributed by atoms with Gasteiger partial charge in [0.1, 0.15) is 46.4 Å². The monoisotopic (exact) mass is 1550 g/mol. The van der Waals surface area contributed by atoms with E-state index in [-0.39, 0.29) is 0 Å². The molecule has 21 rings (SSSR count). The molecule has 12 aromatic heterocycles. The molecular formula is C107H93N8O4+5. The van der Waals surface area contributed by atoms with Gasteiger partial charge in [-0.15, -0.1) is 0 Å². The van der Waals surface area contributed by atoms with Crippen LogP contribution in [0.3, 0.4) is 0 Å². The highest BCUT2D eigenvalue weighted by molar-refractivity contribution is 6.12. The van der Waals surface area contributed by atoms with Crippen LogP contribution in [0.1, 0.15) is 44.9 Å². The first-order chi connectivity index (χ1) is 57.9. The molecule has 0 radical (unpaired) electrons. The largest absolute Gasteiger partial charge is 0.455 e. The summed E-state index contributed by atoms with van der Waals surface area (Å²) in [7, 11) is 10.4. The molecule has 0 saturated heterocycles. The number of para-hydroxylation sites is 1. The minimum atomic E-state index is 0.698. The molecule has 0 N–H and O–H groups in total. The van der Waals surface area contributed by atoms with Crippen LogP contribution in [0.2, 0.25) is 0 Å². The predicted molar refractivity (Wildman–Crippen MR) is 482 cm³/mol. The lowest BCUT2D eigenvalue weighted by Crippen LogP contribution is -2.30. The Morgan fingerprint density at radius 3 is 0.992 bits per heavy atom. The van der Waals surface area contributed by atoms with Crippen LogP contribution in [0.4, 0.5) is 0 Å². The molecule has 119 heavy (non-hydrogen) atoms. The van der Waals surface area contributed by atoms with Gasteiger partial charge in [0.25, 0.3) is 0 Å². The number of pyridine rings is 8. The summed E-state index contributed by atoms with van der Waals surface area (Å²) in [4.78, 5) is 13.7. The fourth-order valence-corrected chi connectivity index (χ4v) is 16.3. The van der Waals surface area contributed by atoms with Crippen molar-refractivity contribution in [3.8, 4) is 89.7 Å². The van der Waals surface area contributed by atoms with E-state index in [4.69, 9.17) is 17.7 Å². The number of aromatic nitrogens is 8. The van der Waals surface area contributed by atoms with Crippen molar-refractivity contribution < 1.29 is 40.5 Å². The highest BCUT2D eigenvalue weighted by Gasteiger charge is 2.27. The van der Waals surface area contributed by atoms with Crippen molar-refractivity contribution in [2.24, 2.45) is 35.2 Å². The first kappa shape index (κ1) is 77.0. The third kappa shape index (κ3) is 15.3. The summed E-state index contributed by atoms with van der Waals surface area (Å²) < 4.78 is 35.6. The van der Waals surface area contributed by atoms with E-state index >= 15 is 0 Å². The third-order valence-corrected chi connectivity index (χ3v) is 22.6. The van der Waals surface area contributed by atoms with Crippen molar-refractivity contribution in [1.29, 1.82) is 0 Å². The molecule has 0 unspecified atom stereocenters. The van der Waals surface area contributed by atoms with Crippen molar-refractivity contribution in [3.05, 3.63) is 373 Å². The van der Waals surface area contributed by atoms with Crippen molar-refractivity contribution >= 4 is 88.1 Å². The average molecular weight is 1550 g/mol. The summed E-state index contributed by atoms with van der Waals surface area (Å²) in [5.41, 5.74) is 34.7. The molecule has 0 aliphatic heterocycles. The first-order valence-electron chi connectivity index (χ1n) is 40.3. The number of furan rings is 4. The molecular weight excluding hydrogens is 1460 g/mol. The van der Waals surface area contributed by atoms with Gasteiger partial charge in [0.05, 0.1) is 22.3 Å². The summed E-state index contributed by atoms with van der Waals surface area (Å²) in [6.45, 7) is 16.6. The minimum absolute atomic E-state index is 0.698. The SMILES string of the molecule is Cc1ccc(-c2ccccc2)cc1-c1cccc[n+]1C.Cc1ccc2c(n1)oc1c(-c3cc(-c4ccccc4)cc[n+]3C)c(C)ccc12.Cc1ccc2c(n1)oc1c(-c3ccc(-c4ccccc4)c[n+]3C)c(C)ccc12.Cc1ccc2c(n1)oc1c(-c3cccc[n+]3C)c(C)ccc12.Cc1ccc2c(oc3ccccc32)c1-c1cccc[n+]1C. The molecule has 580 valence electrons. The van der Waals surface area contributed by atoms with Gasteiger partial charge in [-0.3, -0.25) is 0 Å². The Morgan fingerprint density at radius 1 is 0.218 bits per heavy atom. The molecule has 0 fully saturated rings. The Bertz CT molecular complexity index is 7400. The third-order valence-electron chi connectivity index (χ3n) is 22.6. The normalized spacial score (nSPS) is 11.2. The number of aryl methyl sites for hydroxylation is 13.